The van der Waals surface area contributed by atoms with Crippen LogP contribution in [0.15, 0.2) is 10.4 Å². The quantitative estimate of drug-likeness (QED) is 0.836. The molecule has 7 heteroatoms. The van der Waals surface area contributed by atoms with Gasteiger partial charge in [-0.25, -0.2) is 18.1 Å². The highest BCUT2D eigenvalue weighted by atomic mass is 32.2. The summed E-state index contributed by atoms with van der Waals surface area (Å²) in [4.78, 5) is 3.96. The number of sulfonamides is 1. The fourth-order valence-corrected chi connectivity index (χ4v) is 4.11. The predicted molar refractivity (Wildman–Crippen MR) is 67.7 cm³/mol. The molecule has 0 aromatic carbocycles. The van der Waals surface area contributed by atoms with Crippen molar-refractivity contribution in [3.8, 4) is 0 Å². The number of aromatic nitrogens is 1. The van der Waals surface area contributed by atoms with Crippen LogP contribution in [-0.4, -0.2) is 32.5 Å². The summed E-state index contributed by atoms with van der Waals surface area (Å²) < 4.78 is 26.6. The SMILES string of the molecule is Cc1ncc(S(=O)(=O)NCC[C@@H]2CCCN2)s1. The van der Waals surface area contributed by atoms with Gasteiger partial charge in [0.1, 0.15) is 0 Å². The topological polar surface area (TPSA) is 71.1 Å². The Morgan fingerprint density at radius 1 is 1.65 bits per heavy atom. The molecule has 1 saturated heterocycles. The molecule has 0 saturated carbocycles. The minimum atomic E-state index is -3.35. The second kappa shape index (κ2) is 5.43. The molecule has 1 fully saturated rings. The molecule has 1 aliphatic rings. The average molecular weight is 275 g/mol. The van der Waals surface area contributed by atoms with Gasteiger partial charge in [-0.3, -0.25) is 0 Å². The lowest BCUT2D eigenvalue weighted by molar-refractivity contribution is 0.540. The third-order valence-corrected chi connectivity index (χ3v) is 5.65. The van der Waals surface area contributed by atoms with Crippen LogP contribution in [0.4, 0.5) is 0 Å². The first-order chi connectivity index (χ1) is 8.08. The van der Waals surface area contributed by atoms with Crippen LogP contribution in [0.2, 0.25) is 0 Å². The maximum Gasteiger partial charge on any atom is 0.251 e. The van der Waals surface area contributed by atoms with E-state index in [1.807, 2.05) is 0 Å². The summed E-state index contributed by atoms with van der Waals surface area (Å²) in [5.74, 6) is 0. The summed E-state index contributed by atoms with van der Waals surface area (Å²) in [6.45, 7) is 3.33. The van der Waals surface area contributed by atoms with Crippen LogP contribution in [0.25, 0.3) is 0 Å². The molecule has 1 aliphatic heterocycles. The van der Waals surface area contributed by atoms with Gasteiger partial charge in [-0.1, -0.05) is 0 Å². The molecule has 1 aromatic rings. The number of rotatable bonds is 5. The fraction of sp³-hybridized carbons (Fsp3) is 0.700. The highest BCUT2D eigenvalue weighted by molar-refractivity contribution is 7.91. The van der Waals surface area contributed by atoms with Crippen molar-refractivity contribution in [2.75, 3.05) is 13.1 Å². The Balaban J connectivity index is 1.85. The van der Waals surface area contributed by atoms with E-state index in [0.717, 1.165) is 24.4 Å². The summed E-state index contributed by atoms with van der Waals surface area (Å²) in [6.07, 6.45) is 4.58. The van der Waals surface area contributed by atoms with Crippen LogP contribution >= 0.6 is 11.3 Å². The lowest BCUT2D eigenvalue weighted by Crippen LogP contribution is -2.30. The number of hydrogen-bond acceptors (Lipinski definition) is 5. The zero-order valence-electron chi connectivity index (χ0n) is 9.77. The van der Waals surface area contributed by atoms with Gasteiger partial charge in [-0.15, -0.1) is 11.3 Å². The van der Waals surface area contributed by atoms with Gasteiger partial charge in [0.2, 0.25) is 0 Å². The Morgan fingerprint density at radius 2 is 2.47 bits per heavy atom. The van der Waals surface area contributed by atoms with Gasteiger partial charge in [0.05, 0.1) is 11.2 Å². The molecule has 1 atom stereocenters. The van der Waals surface area contributed by atoms with Crippen LogP contribution in [0.1, 0.15) is 24.3 Å². The van der Waals surface area contributed by atoms with E-state index in [9.17, 15) is 8.42 Å². The monoisotopic (exact) mass is 275 g/mol. The average Bonchev–Trinajstić information content (AvgIpc) is 2.89. The Hall–Kier alpha value is -0.500. The van der Waals surface area contributed by atoms with E-state index in [1.165, 1.54) is 24.0 Å². The molecule has 2 rings (SSSR count). The third-order valence-electron chi connectivity index (χ3n) is 2.81. The van der Waals surface area contributed by atoms with Crippen LogP contribution in [0, 0.1) is 6.92 Å². The van der Waals surface area contributed by atoms with Crippen LogP contribution in [-0.2, 0) is 10.0 Å². The molecule has 0 spiro atoms. The molecule has 0 unspecified atom stereocenters. The first-order valence-electron chi connectivity index (χ1n) is 5.73. The summed E-state index contributed by atoms with van der Waals surface area (Å²) in [7, 11) is -3.35. The number of aryl methyl sites for hydroxylation is 1. The summed E-state index contributed by atoms with van der Waals surface area (Å²) in [5.41, 5.74) is 0. The van der Waals surface area contributed by atoms with Gasteiger partial charge in [-0.05, 0) is 32.7 Å². The van der Waals surface area contributed by atoms with Crippen molar-refractivity contribution in [3.63, 3.8) is 0 Å². The zero-order valence-corrected chi connectivity index (χ0v) is 11.4. The standard InChI is InChI=1S/C10H17N3O2S2/c1-8-12-7-10(16-8)17(14,15)13-6-4-9-3-2-5-11-9/h7,9,11,13H,2-6H2,1H3/t9-/m0/s1. The molecular weight excluding hydrogens is 258 g/mol. The van der Waals surface area contributed by atoms with Crippen molar-refractivity contribution in [1.82, 2.24) is 15.0 Å². The maximum atomic E-state index is 11.9. The van der Waals surface area contributed by atoms with E-state index >= 15 is 0 Å². The predicted octanol–water partition coefficient (Wildman–Crippen LogP) is 0.872. The van der Waals surface area contributed by atoms with Crippen molar-refractivity contribution in [3.05, 3.63) is 11.2 Å². The van der Waals surface area contributed by atoms with Gasteiger partial charge in [0, 0.05) is 12.6 Å². The minimum absolute atomic E-state index is 0.300. The largest absolute Gasteiger partial charge is 0.314 e. The molecular formula is C10H17N3O2S2. The van der Waals surface area contributed by atoms with Crippen LogP contribution in [0.5, 0.6) is 0 Å². The van der Waals surface area contributed by atoms with Gasteiger partial charge in [0.25, 0.3) is 10.0 Å². The summed E-state index contributed by atoms with van der Waals surface area (Å²) >= 11 is 1.20. The Morgan fingerprint density at radius 3 is 3.06 bits per heavy atom. The number of nitrogens with zero attached hydrogens (tertiary/aromatic N) is 1. The van der Waals surface area contributed by atoms with E-state index in [1.54, 1.807) is 6.92 Å². The fourth-order valence-electron chi connectivity index (χ4n) is 1.91. The third kappa shape index (κ3) is 3.48. The van der Waals surface area contributed by atoms with Gasteiger partial charge >= 0.3 is 0 Å². The van der Waals surface area contributed by atoms with Gasteiger partial charge < -0.3 is 5.32 Å². The summed E-state index contributed by atoms with van der Waals surface area (Å²) in [5, 5.41) is 4.11. The van der Waals surface area contributed by atoms with Crippen molar-refractivity contribution in [2.24, 2.45) is 0 Å². The lowest BCUT2D eigenvalue weighted by Gasteiger charge is -2.10. The highest BCUT2D eigenvalue weighted by Gasteiger charge is 2.18. The van der Waals surface area contributed by atoms with E-state index in [0.29, 0.717) is 16.8 Å². The normalized spacial score (nSPS) is 20.9. The molecule has 0 amide bonds. The Bertz CT molecular complexity index is 464. The van der Waals surface area contributed by atoms with Gasteiger partial charge in [0.15, 0.2) is 4.21 Å². The molecule has 0 aliphatic carbocycles. The van der Waals surface area contributed by atoms with E-state index in [2.05, 4.69) is 15.0 Å². The second-order valence-electron chi connectivity index (χ2n) is 4.18. The van der Waals surface area contributed by atoms with Gasteiger partial charge in [-0.2, -0.15) is 0 Å². The second-order valence-corrected chi connectivity index (χ2v) is 7.41. The van der Waals surface area contributed by atoms with Crippen molar-refractivity contribution in [2.45, 2.75) is 36.4 Å². The van der Waals surface area contributed by atoms with E-state index in [-0.39, 0.29) is 0 Å². The Kier molecular flexibility index (Phi) is 4.13. The maximum absolute atomic E-state index is 11.9. The van der Waals surface area contributed by atoms with Crippen LogP contribution in [0.3, 0.4) is 0 Å². The van der Waals surface area contributed by atoms with Crippen LogP contribution < -0.4 is 10.0 Å². The first-order valence-corrected chi connectivity index (χ1v) is 8.03. The molecule has 0 radical (unpaired) electrons. The van der Waals surface area contributed by atoms with Crippen molar-refractivity contribution in [1.29, 1.82) is 0 Å². The molecule has 96 valence electrons. The molecule has 17 heavy (non-hydrogen) atoms. The first kappa shape index (κ1) is 12.9. The zero-order chi connectivity index (χ0) is 12.3. The summed E-state index contributed by atoms with van der Waals surface area (Å²) in [6, 6.07) is 0.459. The Labute approximate surface area is 106 Å². The van der Waals surface area contributed by atoms with Crippen molar-refractivity contribution < 1.29 is 8.42 Å². The minimum Gasteiger partial charge on any atom is -0.314 e. The molecule has 1 aromatic heterocycles. The number of thiazole rings is 1. The number of hydrogen-bond donors (Lipinski definition) is 2. The smallest absolute Gasteiger partial charge is 0.251 e. The van der Waals surface area contributed by atoms with E-state index in [4.69, 9.17) is 0 Å². The number of nitrogens with one attached hydrogen (secondary N) is 2. The van der Waals surface area contributed by atoms with Crippen molar-refractivity contribution >= 4 is 21.4 Å². The lowest BCUT2D eigenvalue weighted by atomic mass is 10.2. The highest BCUT2D eigenvalue weighted by Crippen LogP contribution is 2.17. The molecule has 0 bridgehead atoms. The molecule has 2 N–H and O–H groups in total. The molecule has 2 heterocycles. The van der Waals surface area contributed by atoms with E-state index < -0.39 is 10.0 Å². The molecule has 5 nitrogen and oxygen atoms in total.